The fraction of sp³-hybridized carbons (Fsp3) is 0.733. The van der Waals surface area contributed by atoms with Crippen molar-refractivity contribution in [3.8, 4) is 0 Å². The molecule has 6 heteroatoms. The van der Waals surface area contributed by atoms with Gasteiger partial charge in [-0.3, -0.25) is 0 Å². The number of nitrogens with one attached hydrogen (secondary N) is 1. The Morgan fingerprint density at radius 1 is 1.43 bits per heavy atom. The summed E-state index contributed by atoms with van der Waals surface area (Å²) in [5.41, 5.74) is 0.162. The maximum absolute atomic E-state index is 12.7. The minimum absolute atomic E-state index is 0.162. The Morgan fingerprint density at radius 3 is 2.71 bits per heavy atom. The van der Waals surface area contributed by atoms with Gasteiger partial charge in [0.1, 0.15) is 0 Å². The first-order valence-electron chi connectivity index (χ1n) is 7.53. The second kappa shape index (κ2) is 6.36. The van der Waals surface area contributed by atoms with E-state index in [0.717, 1.165) is 24.4 Å². The molecule has 1 aromatic rings. The molecule has 0 spiro atoms. The standard InChI is InChI=1S/C15H26N2O2S2/c1-5-16-9-13-8-14(11-20-13)21(18,19)17-7-6-12(10-17)15(2,3)4/h8,11-12,16H,5-7,9-10H2,1-4H3. The van der Waals surface area contributed by atoms with Gasteiger partial charge in [-0.2, -0.15) is 4.31 Å². The van der Waals surface area contributed by atoms with Crippen LogP contribution in [0.5, 0.6) is 0 Å². The largest absolute Gasteiger partial charge is 0.312 e. The van der Waals surface area contributed by atoms with Gasteiger partial charge >= 0.3 is 0 Å². The Kier molecular flexibility index (Phi) is 5.13. The predicted octanol–water partition coefficient (Wildman–Crippen LogP) is 2.91. The van der Waals surface area contributed by atoms with Gasteiger partial charge in [-0.05, 0) is 30.4 Å². The summed E-state index contributed by atoms with van der Waals surface area (Å²) in [5, 5.41) is 5.00. The molecule has 0 amide bonds. The van der Waals surface area contributed by atoms with E-state index in [1.807, 2.05) is 13.0 Å². The molecular formula is C15H26N2O2S2. The van der Waals surface area contributed by atoms with Gasteiger partial charge in [0, 0.05) is 29.9 Å². The van der Waals surface area contributed by atoms with Gasteiger partial charge in [-0.25, -0.2) is 8.42 Å². The lowest BCUT2D eigenvalue weighted by Gasteiger charge is -2.26. The molecule has 21 heavy (non-hydrogen) atoms. The van der Waals surface area contributed by atoms with E-state index in [-0.39, 0.29) is 5.41 Å². The molecule has 2 rings (SSSR count). The van der Waals surface area contributed by atoms with Crippen molar-refractivity contribution in [1.82, 2.24) is 9.62 Å². The summed E-state index contributed by atoms with van der Waals surface area (Å²) in [5.74, 6) is 0.437. The van der Waals surface area contributed by atoms with E-state index in [9.17, 15) is 8.42 Å². The van der Waals surface area contributed by atoms with Crippen LogP contribution in [0.1, 0.15) is 39.0 Å². The normalized spacial score (nSPS) is 21.0. The van der Waals surface area contributed by atoms with Crippen LogP contribution < -0.4 is 5.32 Å². The minimum Gasteiger partial charge on any atom is -0.312 e. The van der Waals surface area contributed by atoms with Crippen LogP contribution in [0.2, 0.25) is 0 Å². The molecule has 0 bridgehead atoms. The van der Waals surface area contributed by atoms with Crippen molar-refractivity contribution in [1.29, 1.82) is 0 Å². The summed E-state index contributed by atoms with van der Waals surface area (Å²) in [4.78, 5) is 1.52. The highest BCUT2D eigenvalue weighted by Crippen LogP contribution is 2.36. The van der Waals surface area contributed by atoms with Crippen LogP contribution in [0.3, 0.4) is 0 Å². The van der Waals surface area contributed by atoms with E-state index in [2.05, 4.69) is 26.1 Å². The average Bonchev–Trinajstić information content (AvgIpc) is 3.05. The maximum Gasteiger partial charge on any atom is 0.243 e. The molecule has 120 valence electrons. The van der Waals surface area contributed by atoms with Gasteiger partial charge in [0.05, 0.1) is 4.90 Å². The van der Waals surface area contributed by atoms with E-state index in [4.69, 9.17) is 0 Å². The van der Waals surface area contributed by atoms with E-state index in [1.54, 1.807) is 9.69 Å². The average molecular weight is 331 g/mol. The lowest BCUT2D eigenvalue weighted by atomic mass is 9.80. The van der Waals surface area contributed by atoms with Crippen LogP contribution in [0, 0.1) is 11.3 Å². The third-order valence-corrected chi connectivity index (χ3v) is 7.12. The fourth-order valence-electron chi connectivity index (χ4n) is 2.64. The van der Waals surface area contributed by atoms with Crippen LogP contribution in [-0.2, 0) is 16.6 Å². The summed E-state index contributed by atoms with van der Waals surface area (Å²) >= 11 is 1.51. The Morgan fingerprint density at radius 2 is 2.14 bits per heavy atom. The molecule has 1 N–H and O–H groups in total. The Balaban J connectivity index is 2.10. The molecule has 0 radical (unpaired) electrons. The number of rotatable bonds is 5. The van der Waals surface area contributed by atoms with Crippen molar-refractivity contribution in [2.45, 2.75) is 45.6 Å². The van der Waals surface area contributed by atoms with Crippen molar-refractivity contribution in [3.63, 3.8) is 0 Å². The first-order valence-corrected chi connectivity index (χ1v) is 9.85. The lowest BCUT2D eigenvalue weighted by molar-refractivity contribution is 0.252. The second-order valence-corrected chi connectivity index (χ2v) is 9.68. The van der Waals surface area contributed by atoms with Crippen molar-refractivity contribution in [2.75, 3.05) is 19.6 Å². The van der Waals surface area contributed by atoms with E-state index in [0.29, 0.717) is 23.9 Å². The predicted molar refractivity (Wildman–Crippen MR) is 88.0 cm³/mol. The van der Waals surface area contributed by atoms with Gasteiger partial charge in [0.15, 0.2) is 0 Å². The third-order valence-electron chi connectivity index (χ3n) is 4.19. The molecule has 1 unspecified atom stereocenters. The van der Waals surface area contributed by atoms with Crippen LogP contribution in [0.25, 0.3) is 0 Å². The molecule has 1 aliphatic heterocycles. The minimum atomic E-state index is -3.32. The van der Waals surface area contributed by atoms with Gasteiger partial charge in [0.25, 0.3) is 0 Å². The number of thiophene rings is 1. The summed E-state index contributed by atoms with van der Waals surface area (Å²) in [6.07, 6.45) is 0.955. The van der Waals surface area contributed by atoms with E-state index in [1.165, 1.54) is 11.3 Å². The molecule has 1 aliphatic rings. The monoisotopic (exact) mass is 330 g/mol. The van der Waals surface area contributed by atoms with Crippen molar-refractivity contribution in [3.05, 3.63) is 16.3 Å². The molecule has 1 saturated heterocycles. The molecule has 0 aliphatic carbocycles. The van der Waals surface area contributed by atoms with Crippen LogP contribution in [-0.4, -0.2) is 32.4 Å². The SMILES string of the molecule is CCNCc1cc(S(=O)(=O)N2CCC(C(C)(C)C)C2)cs1. The molecule has 1 fully saturated rings. The van der Waals surface area contributed by atoms with Gasteiger partial charge in [0.2, 0.25) is 10.0 Å². The zero-order valence-corrected chi connectivity index (χ0v) is 15.0. The van der Waals surface area contributed by atoms with E-state index >= 15 is 0 Å². The second-order valence-electron chi connectivity index (χ2n) is 6.74. The zero-order valence-electron chi connectivity index (χ0n) is 13.3. The molecule has 0 saturated carbocycles. The number of sulfonamides is 1. The Bertz CT molecular complexity index is 573. The number of hydrogen-bond donors (Lipinski definition) is 1. The van der Waals surface area contributed by atoms with E-state index < -0.39 is 10.0 Å². The van der Waals surface area contributed by atoms with Crippen LogP contribution in [0.15, 0.2) is 16.3 Å². The van der Waals surface area contributed by atoms with Crippen LogP contribution >= 0.6 is 11.3 Å². The summed E-state index contributed by atoms with van der Waals surface area (Å²) in [6, 6.07) is 1.81. The fourth-order valence-corrected chi connectivity index (χ4v) is 5.37. The van der Waals surface area contributed by atoms with Gasteiger partial charge < -0.3 is 5.32 Å². The zero-order chi connectivity index (χ0) is 15.7. The highest BCUT2D eigenvalue weighted by molar-refractivity contribution is 7.89. The summed E-state index contributed by atoms with van der Waals surface area (Å²) in [7, 11) is -3.32. The third kappa shape index (κ3) is 3.86. The van der Waals surface area contributed by atoms with Gasteiger partial charge in [-0.1, -0.05) is 27.7 Å². The molecular weight excluding hydrogens is 304 g/mol. The van der Waals surface area contributed by atoms with Crippen molar-refractivity contribution >= 4 is 21.4 Å². The highest BCUT2D eigenvalue weighted by Gasteiger charge is 2.37. The first-order chi connectivity index (χ1) is 9.75. The van der Waals surface area contributed by atoms with Gasteiger partial charge in [-0.15, -0.1) is 11.3 Å². The Hall–Kier alpha value is -0.430. The molecule has 1 atom stereocenters. The van der Waals surface area contributed by atoms with Crippen LogP contribution in [0.4, 0.5) is 0 Å². The Labute approximate surface area is 132 Å². The molecule has 1 aromatic heterocycles. The summed E-state index contributed by atoms with van der Waals surface area (Å²) < 4.78 is 27.1. The number of nitrogens with zero attached hydrogens (tertiary/aromatic N) is 1. The molecule has 2 heterocycles. The summed E-state index contributed by atoms with van der Waals surface area (Å²) in [6.45, 7) is 11.5. The smallest absolute Gasteiger partial charge is 0.243 e. The lowest BCUT2D eigenvalue weighted by Crippen LogP contribution is -2.31. The van der Waals surface area contributed by atoms with Crippen molar-refractivity contribution < 1.29 is 8.42 Å². The molecule has 0 aromatic carbocycles. The number of hydrogen-bond acceptors (Lipinski definition) is 4. The molecule has 4 nitrogen and oxygen atoms in total. The van der Waals surface area contributed by atoms with Crippen molar-refractivity contribution in [2.24, 2.45) is 11.3 Å². The quantitative estimate of drug-likeness (QED) is 0.903. The topological polar surface area (TPSA) is 49.4 Å². The maximum atomic E-state index is 12.7. The highest BCUT2D eigenvalue weighted by atomic mass is 32.2. The first kappa shape index (κ1) is 16.9.